The van der Waals surface area contributed by atoms with Crippen molar-refractivity contribution in [1.82, 2.24) is 4.90 Å². The van der Waals surface area contributed by atoms with Crippen LogP contribution in [0.15, 0.2) is 29.4 Å². The van der Waals surface area contributed by atoms with Gasteiger partial charge in [-0.2, -0.15) is 0 Å². The van der Waals surface area contributed by atoms with E-state index in [1.165, 1.54) is 0 Å². The predicted octanol–water partition coefficient (Wildman–Crippen LogP) is 0.564. The van der Waals surface area contributed by atoms with Crippen molar-refractivity contribution in [1.29, 1.82) is 0 Å². The van der Waals surface area contributed by atoms with E-state index < -0.39 is 6.10 Å². The van der Waals surface area contributed by atoms with Gasteiger partial charge >= 0.3 is 0 Å². The third kappa shape index (κ3) is 2.46. The summed E-state index contributed by atoms with van der Waals surface area (Å²) < 4.78 is 11.3. The highest BCUT2D eigenvalue weighted by molar-refractivity contribution is 5.92. The molecular formula is C14H17N3O4. The Bertz CT molecular complexity index is 575. The monoisotopic (exact) mass is 291 g/mol. The van der Waals surface area contributed by atoms with E-state index in [0.29, 0.717) is 24.5 Å². The Balaban J connectivity index is 1.74. The zero-order valence-electron chi connectivity index (χ0n) is 11.4. The summed E-state index contributed by atoms with van der Waals surface area (Å²) in [5.41, 5.74) is 5.65. The molecule has 21 heavy (non-hydrogen) atoms. The Morgan fingerprint density at radius 1 is 1.38 bits per heavy atom. The molecule has 0 aliphatic carbocycles. The van der Waals surface area contributed by atoms with Crippen LogP contribution >= 0.6 is 0 Å². The third-order valence-corrected chi connectivity index (χ3v) is 3.78. The number of ether oxygens (including phenoxy) is 2. The van der Waals surface area contributed by atoms with Crippen molar-refractivity contribution in [2.75, 3.05) is 13.2 Å². The minimum atomic E-state index is -0.702. The van der Waals surface area contributed by atoms with E-state index in [9.17, 15) is 4.79 Å². The maximum Gasteiger partial charge on any atom is 0.267 e. The summed E-state index contributed by atoms with van der Waals surface area (Å²) in [5.74, 6) is 1.05. The van der Waals surface area contributed by atoms with Crippen molar-refractivity contribution in [2.24, 2.45) is 10.9 Å². The lowest BCUT2D eigenvalue weighted by Gasteiger charge is -2.31. The number of oxime groups is 1. The Morgan fingerprint density at radius 2 is 2.14 bits per heavy atom. The molecule has 2 aliphatic heterocycles. The smallest absolute Gasteiger partial charge is 0.267 e. The minimum absolute atomic E-state index is 0.0537. The van der Waals surface area contributed by atoms with Crippen molar-refractivity contribution in [3.05, 3.63) is 24.3 Å². The van der Waals surface area contributed by atoms with Gasteiger partial charge in [0.05, 0.1) is 6.04 Å². The van der Waals surface area contributed by atoms with E-state index >= 15 is 0 Å². The number of para-hydroxylation sites is 2. The summed E-state index contributed by atoms with van der Waals surface area (Å²) in [4.78, 5) is 14.2. The Hall–Kier alpha value is -2.44. The van der Waals surface area contributed by atoms with Gasteiger partial charge in [-0.3, -0.25) is 4.79 Å². The summed E-state index contributed by atoms with van der Waals surface area (Å²) in [6, 6.07) is 6.86. The van der Waals surface area contributed by atoms with Gasteiger partial charge in [-0.1, -0.05) is 17.3 Å². The summed E-state index contributed by atoms with van der Waals surface area (Å²) in [5, 5.41) is 11.8. The van der Waals surface area contributed by atoms with E-state index in [2.05, 4.69) is 5.16 Å². The lowest BCUT2D eigenvalue weighted by atomic mass is 10.2. The fraction of sp³-hybridized carbons (Fsp3) is 0.429. The van der Waals surface area contributed by atoms with Crippen LogP contribution in [0.5, 0.6) is 11.5 Å². The largest absolute Gasteiger partial charge is 0.485 e. The number of hydrogen-bond acceptors (Lipinski definition) is 5. The normalized spacial score (nSPS) is 25.0. The third-order valence-electron chi connectivity index (χ3n) is 3.78. The van der Waals surface area contributed by atoms with E-state index in [0.717, 1.165) is 6.42 Å². The molecule has 2 unspecified atom stereocenters. The molecule has 2 heterocycles. The predicted molar refractivity (Wildman–Crippen MR) is 74.5 cm³/mol. The van der Waals surface area contributed by atoms with Crippen LogP contribution in [-0.4, -0.2) is 47.1 Å². The standard InChI is InChI=1S/C14H17N3O4/c15-13(16-19)9-4-3-7-17(9)14(18)12-8-20-10-5-1-2-6-11(10)21-12/h1-2,5-6,9,12,19H,3-4,7-8H2,(H2,15,16). The number of carbonyl (C=O) groups is 1. The van der Waals surface area contributed by atoms with E-state index in [-0.39, 0.29) is 24.4 Å². The van der Waals surface area contributed by atoms with Gasteiger partial charge in [0, 0.05) is 6.54 Å². The van der Waals surface area contributed by atoms with Crippen molar-refractivity contribution >= 4 is 11.7 Å². The zero-order chi connectivity index (χ0) is 14.8. The maximum absolute atomic E-state index is 12.6. The first-order chi connectivity index (χ1) is 10.2. The van der Waals surface area contributed by atoms with Crippen molar-refractivity contribution in [3.8, 4) is 11.5 Å². The van der Waals surface area contributed by atoms with E-state index in [4.69, 9.17) is 20.4 Å². The number of amidine groups is 1. The van der Waals surface area contributed by atoms with Gasteiger partial charge < -0.3 is 25.3 Å². The molecule has 1 fully saturated rings. The average Bonchev–Trinajstić information content (AvgIpc) is 3.02. The molecule has 1 aromatic rings. The summed E-state index contributed by atoms with van der Waals surface area (Å²) in [6.45, 7) is 0.733. The zero-order valence-corrected chi connectivity index (χ0v) is 11.4. The first kappa shape index (κ1) is 13.5. The first-order valence-electron chi connectivity index (χ1n) is 6.87. The quantitative estimate of drug-likeness (QED) is 0.359. The van der Waals surface area contributed by atoms with Crippen LogP contribution in [0, 0.1) is 0 Å². The van der Waals surface area contributed by atoms with Crippen molar-refractivity contribution in [3.63, 3.8) is 0 Å². The van der Waals surface area contributed by atoms with Gasteiger partial charge in [-0.15, -0.1) is 0 Å². The molecule has 3 N–H and O–H groups in total. The minimum Gasteiger partial charge on any atom is -0.485 e. The second-order valence-electron chi connectivity index (χ2n) is 5.08. The lowest BCUT2D eigenvalue weighted by Crippen LogP contribution is -2.51. The van der Waals surface area contributed by atoms with Gasteiger partial charge in [0.25, 0.3) is 5.91 Å². The molecule has 0 spiro atoms. The Morgan fingerprint density at radius 3 is 2.90 bits per heavy atom. The average molecular weight is 291 g/mol. The summed E-state index contributed by atoms with van der Waals surface area (Å²) >= 11 is 0. The SMILES string of the molecule is NC(=NO)C1CCCN1C(=O)C1COc2ccccc2O1. The van der Waals surface area contributed by atoms with Crippen LogP contribution in [0.25, 0.3) is 0 Å². The summed E-state index contributed by atoms with van der Waals surface area (Å²) in [6.07, 6.45) is 0.801. The number of likely N-dealkylation sites (tertiary alicyclic amines) is 1. The molecule has 3 rings (SSSR count). The van der Waals surface area contributed by atoms with Crippen LogP contribution in [-0.2, 0) is 4.79 Å². The molecule has 0 radical (unpaired) electrons. The number of nitrogens with two attached hydrogens (primary N) is 1. The second kappa shape index (κ2) is 5.51. The maximum atomic E-state index is 12.6. The van der Waals surface area contributed by atoms with Crippen LogP contribution in [0.4, 0.5) is 0 Å². The van der Waals surface area contributed by atoms with E-state index in [1.807, 2.05) is 12.1 Å². The number of rotatable bonds is 2. The topological polar surface area (TPSA) is 97.4 Å². The number of nitrogens with zero attached hydrogens (tertiary/aromatic N) is 2. The number of amides is 1. The van der Waals surface area contributed by atoms with Gasteiger partial charge in [0.2, 0.25) is 6.10 Å². The molecule has 1 aromatic carbocycles. The van der Waals surface area contributed by atoms with Gasteiger partial charge in [-0.25, -0.2) is 0 Å². The molecule has 1 amide bonds. The van der Waals surface area contributed by atoms with Gasteiger partial charge in [-0.05, 0) is 25.0 Å². The molecule has 0 aromatic heterocycles. The number of benzene rings is 1. The second-order valence-corrected chi connectivity index (χ2v) is 5.08. The molecule has 2 aliphatic rings. The van der Waals surface area contributed by atoms with Gasteiger partial charge in [0.15, 0.2) is 17.3 Å². The van der Waals surface area contributed by atoms with Gasteiger partial charge in [0.1, 0.15) is 6.61 Å². The molecule has 7 nitrogen and oxygen atoms in total. The molecule has 112 valence electrons. The van der Waals surface area contributed by atoms with Crippen LogP contribution in [0.3, 0.4) is 0 Å². The molecular weight excluding hydrogens is 274 g/mol. The van der Waals surface area contributed by atoms with Crippen LogP contribution < -0.4 is 15.2 Å². The lowest BCUT2D eigenvalue weighted by molar-refractivity contribution is -0.141. The molecule has 7 heteroatoms. The Labute approximate surface area is 121 Å². The number of hydrogen-bond donors (Lipinski definition) is 2. The van der Waals surface area contributed by atoms with Crippen molar-refractivity contribution < 1.29 is 19.5 Å². The fourth-order valence-corrected chi connectivity index (χ4v) is 2.73. The first-order valence-corrected chi connectivity index (χ1v) is 6.87. The highest BCUT2D eigenvalue weighted by Gasteiger charge is 2.38. The van der Waals surface area contributed by atoms with Crippen molar-refractivity contribution in [2.45, 2.75) is 25.0 Å². The molecule has 2 atom stereocenters. The Kier molecular flexibility index (Phi) is 3.55. The molecule has 0 saturated carbocycles. The van der Waals surface area contributed by atoms with Crippen LogP contribution in [0.2, 0.25) is 0 Å². The van der Waals surface area contributed by atoms with E-state index in [1.54, 1.807) is 17.0 Å². The fourth-order valence-electron chi connectivity index (χ4n) is 2.73. The number of fused-ring (bicyclic) bond motifs is 1. The highest BCUT2D eigenvalue weighted by atomic mass is 16.6. The molecule has 1 saturated heterocycles. The molecule has 0 bridgehead atoms. The number of carbonyl (C=O) groups excluding carboxylic acids is 1. The highest BCUT2D eigenvalue weighted by Crippen LogP contribution is 2.32. The summed E-state index contributed by atoms with van der Waals surface area (Å²) in [7, 11) is 0. The van der Waals surface area contributed by atoms with Crippen LogP contribution in [0.1, 0.15) is 12.8 Å².